The minimum atomic E-state index is -0.610. The summed E-state index contributed by atoms with van der Waals surface area (Å²) in [6, 6.07) is 75.9. The first-order valence-corrected chi connectivity index (χ1v) is 21.7. The molecule has 2 aliphatic heterocycles. The number of aromatic nitrogens is 2. The van der Waals surface area contributed by atoms with E-state index in [2.05, 4.69) is 197 Å². The van der Waals surface area contributed by atoms with Crippen LogP contribution in [0.2, 0.25) is 0 Å². The molecule has 64 heavy (non-hydrogen) atoms. The van der Waals surface area contributed by atoms with Gasteiger partial charge in [0.1, 0.15) is 17.3 Å². The molecule has 2 aromatic heterocycles. The molecule has 1 unspecified atom stereocenters. The van der Waals surface area contributed by atoms with Crippen LogP contribution in [0.4, 0.5) is 0 Å². The van der Waals surface area contributed by atoms with E-state index in [9.17, 15) is 0 Å². The van der Waals surface area contributed by atoms with Crippen molar-refractivity contribution < 1.29 is 4.74 Å². The maximum atomic E-state index is 7.02. The monoisotopic (exact) mass is 827 g/mol. The molecule has 5 N–H and O–H groups in total. The molecule has 0 amide bonds. The van der Waals surface area contributed by atoms with Crippen molar-refractivity contribution in [2.45, 2.75) is 11.8 Å². The zero-order valence-corrected chi connectivity index (χ0v) is 35.4. The molecule has 13 rings (SSSR count). The lowest BCUT2D eigenvalue weighted by Crippen LogP contribution is -2.37. The first kappa shape index (κ1) is 38.7. The van der Waals surface area contributed by atoms with Crippen LogP contribution >= 0.6 is 0 Å². The second-order valence-electron chi connectivity index (χ2n) is 16.2. The fourth-order valence-electron chi connectivity index (χ4n) is 10.3. The number of nitrogens with one attached hydrogen (secondary N) is 1. The number of fused-ring (bicyclic) bond motifs is 14. The molecule has 6 heteroatoms. The van der Waals surface area contributed by atoms with Crippen molar-refractivity contribution in [3.63, 3.8) is 0 Å². The van der Waals surface area contributed by atoms with Crippen molar-refractivity contribution >= 4 is 49.4 Å². The highest BCUT2D eigenvalue weighted by Crippen LogP contribution is 2.61. The van der Waals surface area contributed by atoms with Crippen molar-refractivity contribution in [2.75, 3.05) is 7.05 Å². The number of benzene rings is 9. The maximum Gasteiger partial charge on any atom is 0.134 e. The van der Waals surface area contributed by atoms with E-state index in [0.717, 1.165) is 34.7 Å². The average molecular weight is 828 g/mol. The topological polar surface area (TPSA) is 95.0 Å². The Bertz CT molecular complexity index is 3550. The standard InChI is InChI=1S/C50H32N2O.C7H8N2.CH5N/c1-2-13-32(14-3-1)29-33-25-27-34(28-26-33)51-43-21-8-5-16-36(43)38-30-42-48(31-46(38)51)53-47-24-11-7-19-40(47)50(42)39-18-6-10-23-45(39)52-44-22-9-4-15-35(44)37-17-12-20-41(50)49(37)52;8-7(9)6-4-2-1-3-5-6;1-2/h1-28,30-31H,29H2;1-5H,(H3,8,9);2H2,1H3. The van der Waals surface area contributed by atoms with Crippen molar-refractivity contribution in [1.82, 2.24) is 9.13 Å². The highest BCUT2D eigenvalue weighted by molar-refractivity contribution is 6.13. The summed E-state index contributed by atoms with van der Waals surface area (Å²) < 4.78 is 11.9. The Kier molecular flexibility index (Phi) is 9.45. The molecular weight excluding hydrogens is 783 g/mol. The third-order valence-corrected chi connectivity index (χ3v) is 12.9. The van der Waals surface area contributed by atoms with E-state index in [1.54, 1.807) is 0 Å². The van der Waals surface area contributed by atoms with Gasteiger partial charge in [-0.05, 0) is 78.2 Å². The second-order valence-corrected chi connectivity index (χ2v) is 16.2. The average Bonchev–Trinajstić information content (AvgIpc) is 3.87. The Balaban J connectivity index is 0.000000370. The van der Waals surface area contributed by atoms with E-state index in [1.807, 2.05) is 30.3 Å². The SMILES string of the molecule is CN.N=C(N)c1ccccc1.c1ccc(Cc2ccc(-n3c4ccccc4c4cc5c(cc43)Oc3ccccc3C53c4ccccc4-n4c5ccccc5c5cccc3c54)cc2)cc1. The smallest absolute Gasteiger partial charge is 0.134 e. The molecule has 0 aliphatic carbocycles. The zero-order chi connectivity index (χ0) is 43.4. The fourth-order valence-corrected chi connectivity index (χ4v) is 10.3. The molecule has 2 aliphatic rings. The molecular formula is C58H45N5O. The summed E-state index contributed by atoms with van der Waals surface area (Å²) in [6.07, 6.45) is 0.907. The lowest BCUT2D eigenvalue weighted by Gasteiger charge is -2.45. The largest absolute Gasteiger partial charge is 0.457 e. The summed E-state index contributed by atoms with van der Waals surface area (Å²) in [5.74, 6) is 1.90. The van der Waals surface area contributed by atoms with Crippen molar-refractivity contribution in [3.8, 4) is 22.9 Å². The van der Waals surface area contributed by atoms with Crippen molar-refractivity contribution in [1.29, 1.82) is 5.41 Å². The van der Waals surface area contributed by atoms with Crippen LogP contribution in [0.1, 0.15) is 38.9 Å². The second kappa shape index (κ2) is 15.6. The third kappa shape index (κ3) is 5.88. The van der Waals surface area contributed by atoms with Crippen LogP contribution in [0.15, 0.2) is 212 Å². The van der Waals surface area contributed by atoms with E-state index in [0.29, 0.717) is 0 Å². The summed E-state index contributed by atoms with van der Waals surface area (Å²) in [7, 11) is 1.50. The van der Waals surface area contributed by atoms with Crippen LogP contribution in [0.3, 0.4) is 0 Å². The Labute approximate surface area is 371 Å². The normalized spacial score (nSPS) is 14.2. The summed E-state index contributed by atoms with van der Waals surface area (Å²) in [6.45, 7) is 0. The molecule has 0 fully saturated rings. The number of hydrogen-bond donors (Lipinski definition) is 3. The molecule has 6 nitrogen and oxygen atoms in total. The maximum absolute atomic E-state index is 7.02. The van der Waals surface area contributed by atoms with Gasteiger partial charge in [-0.2, -0.15) is 0 Å². The van der Waals surface area contributed by atoms with Crippen LogP contribution in [0.25, 0.3) is 55.0 Å². The fraction of sp³-hybridized carbons (Fsp3) is 0.0517. The Morgan fingerprint density at radius 1 is 0.469 bits per heavy atom. The Morgan fingerprint density at radius 3 is 1.75 bits per heavy atom. The molecule has 0 radical (unpaired) electrons. The number of rotatable bonds is 4. The van der Waals surface area contributed by atoms with E-state index in [-0.39, 0.29) is 5.84 Å². The number of para-hydroxylation sites is 5. The molecule has 9 aromatic carbocycles. The minimum Gasteiger partial charge on any atom is -0.457 e. The number of nitrogen functional groups attached to an aromatic ring is 1. The van der Waals surface area contributed by atoms with Crippen molar-refractivity contribution in [2.24, 2.45) is 11.5 Å². The molecule has 308 valence electrons. The number of ether oxygens (including phenoxy) is 1. The van der Waals surface area contributed by atoms with Gasteiger partial charge in [-0.15, -0.1) is 0 Å². The highest BCUT2D eigenvalue weighted by atomic mass is 16.5. The van der Waals surface area contributed by atoms with Gasteiger partial charge in [0.15, 0.2) is 0 Å². The van der Waals surface area contributed by atoms with Gasteiger partial charge in [-0.3, -0.25) is 5.41 Å². The summed E-state index contributed by atoms with van der Waals surface area (Å²) in [5.41, 5.74) is 24.5. The van der Waals surface area contributed by atoms with Gasteiger partial charge in [0.25, 0.3) is 0 Å². The van der Waals surface area contributed by atoms with Gasteiger partial charge >= 0.3 is 0 Å². The summed E-state index contributed by atoms with van der Waals surface area (Å²) in [5, 5.41) is 12.0. The van der Waals surface area contributed by atoms with Crippen LogP contribution in [0.5, 0.6) is 11.5 Å². The first-order chi connectivity index (χ1) is 31.6. The van der Waals surface area contributed by atoms with Crippen LogP contribution in [-0.2, 0) is 11.8 Å². The first-order valence-electron chi connectivity index (χ1n) is 21.7. The van der Waals surface area contributed by atoms with E-state index in [1.165, 1.54) is 84.2 Å². The van der Waals surface area contributed by atoms with Gasteiger partial charge < -0.3 is 25.3 Å². The Morgan fingerprint density at radius 2 is 1.03 bits per heavy atom. The number of amidine groups is 1. The molecule has 1 atom stereocenters. The summed E-state index contributed by atoms with van der Waals surface area (Å²) >= 11 is 0. The highest BCUT2D eigenvalue weighted by Gasteiger charge is 2.50. The molecule has 0 bridgehead atoms. The van der Waals surface area contributed by atoms with Crippen LogP contribution in [0, 0.1) is 5.41 Å². The van der Waals surface area contributed by atoms with Crippen LogP contribution in [-0.4, -0.2) is 22.0 Å². The van der Waals surface area contributed by atoms with Crippen LogP contribution < -0.4 is 16.2 Å². The molecule has 11 aromatic rings. The lowest BCUT2D eigenvalue weighted by atomic mass is 9.61. The molecule has 4 heterocycles. The zero-order valence-electron chi connectivity index (χ0n) is 35.4. The van der Waals surface area contributed by atoms with Gasteiger partial charge in [-0.25, -0.2) is 0 Å². The van der Waals surface area contributed by atoms with Gasteiger partial charge in [-0.1, -0.05) is 164 Å². The van der Waals surface area contributed by atoms with E-state index < -0.39 is 5.41 Å². The number of nitrogens with zero attached hydrogens (tertiary/aromatic N) is 2. The predicted molar refractivity (Wildman–Crippen MR) is 264 cm³/mol. The number of hydrogen-bond acceptors (Lipinski definition) is 3. The molecule has 0 saturated heterocycles. The van der Waals surface area contributed by atoms with Gasteiger partial charge in [0.2, 0.25) is 0 Å². The lowest BCUT2D eigenvalue weighted by molar-refractivity contribution is 0.434. The minimum absolute atomic E-state index is 0.121. The number of nitrogens with two attached hydrogens (primary N) is 2. The third-order valence-electron chi connectivity index (χ3n) is 12.9. The Hall–Kier alpha value is -8.19. The molecule has 0 saturated carbocycles. The van der Waals surface area contributed by atoms with Crippen molar-refractivity contribution in [3.05, 3.63) is 251 Å². The summed E-state index contributed by atoms with van der Waals surface area (Å²) in [4.78, 5) is 0. The molecule has 1 spiro atoms. The van der Waals surface area contributed by atoms with Gasteiger partial charge in [0.05, 0.1) is 33.2 Å². The van der Waals surface area contributed by atoms with E-state index >= 15 is 0 Å². The van der Waals surface area contributed by atoms with Gasteiger partial charge in [0, 0.05) is 50.0 Å². The predicted octanol–water partition coefficient (Wildman–Crippen LogP) is 12.8. The van der Waals surface area contributed by atoms with E-state index in [4.69, 9.17) is 15.9 Å². The quantitative estimate of drug-likeness (QED) is 0.122.